The summed E-state index contributed by atoms with van der Waals surface area (Å²) in [6, 6.07) is 18.6. The second kappa shape index (κ2) is 5.93. The van der Waals surface area contributed by atoms with Gasteiger partial charge in [-0.2, -0.15) is 5.10 Å². The molecule has 1 aromatic heterocycles. The number of rotatable bonds is 4. The Balaban J connectivity index is 1.80. The van der Waals surface area contributed by atoms with E-state index in [2.05, 4.69) is 26.5 Å². The smallest absolute Gasteiger partial charge is 0.255 e. The summed E-state index contributed by atoms with van der Waals surface area (Å²) >= 11 is 3.17. The highest BCUT2D eigenvalue weighted by Crippen LogP contribution is 2.20. The molecular weight excluding hydrogens is 332 g/mol. The highest BCUT2D eigenvalue weighted by atomic mass is 79.9. The lowest BCUT2D eigenvalue weighted by molar-refractivity contribution is 0.104. The molecule has 0 aliphatic heterocycles. The van der Waals surface area contributed by atoms with Crippen LogP contribution in [0.5, 0.6) is 0 Å². The molecule has 2 aromatic carbocycles. The number of anilines is 1. The summed E-state index contributed by atoms with van der Waals surface area (Å²) in [6.45, 7) is 0. The Bertz CT molecular complexity index is 776. The monoisotopic (exact) mass is 342 g/mol. The molecule has 1 heterocycles. The van der Waals surface area contributed by atoms with Gasteiger partial charge in [0.1, 0.15) is 5.58 Å². The van der Waals surface area contributed by atoms with E-state index in [9.17, 15) is 4.79 Å². The lowest BCUT2D eigenvalue weighted by Crippen LogP contribution is -2.08. The topological polar surface area (TPSA) is 54.6 Å². The minimum atomic E-state index is -0.311. The minimum absolute atomic E-state index is 0.158. The number of fused-ring (bicyclic) bond motifs is 1. The van der Waals surface area contributed by atoms with Gasteiger partial charge < -0.3 is 4.42 Å². The van der Waals surface area contributed by atoms with E-state index in [0.29, 0.717) is 5.58 Å². The van der Waals surface area contributed by atoms with Gasteiger partial charge in [-0.1, -0.05) is 36.4 Å². The van der Waals surface area contributed by atoms with Gasteiger partial charge >= 0.3 is 0 Å². The van der Waals surface area contributed by atoms with Crippen LogP contribution in [-0.2, 0) is 0 Å². The Morgan fingerprint density at radius 1 is 1.05 bits per heavy atom. The number of nitrogens with zero attached hydrogens (tertiary/aromatic N) is 1. The zero-order chi connectivity index (χ0) is 14.7. The second-order valence-corrected chi connectivity index (χ2v) is 5.11. The molecule has 21 heavy (non-hydrogen) atoms. The van der Waals surface area contributed by atoms with E-state index in [1.807, 2.05) is 54.6 Å². The van der Waals surface area contributed by atoms with Crippen molar-refractivity contribution in [2.24, 2.45) is 5.10 Å². The van der Waals surface area contributed by atoms with Crippen molar-refractivity contribution in [3.05, 3.63) is 66.4 Å². The van der Waals surface area contributed by atoms with E-state index in [-0.39, 0.29) is 16.2 Å². The van der Waals surface area contributed by atoms with Crippen molar-refractivity contribution in [3.63, 3.8) is 0 Å². The molecular formula is C16H11BrN2O2. The maximum atomic E-state index is 12.2. The summed E-state index contributed by atoms with van der Waals surface area (Å²) in [7, 11) is 0. The molecule has 4 nitrogen and oxygen atoms in total. The fourth-order valence-corrected chi connectivity index (χ4v) is 2.16. The number of hydrogen-bond acceptors (Lipinski definition) is 4. The maximum absolute atomic E-state index is 12.2. The number of halogens is 1. The first-order valence-electron chi connectivity index (χ1n) is 6.31. The van der Waals surface area contributed by atoms with Crippen molar-refractivity contribution in [3.8, 4) is 0 Å². The molecule has 0 amide bonds. The number of para-hydroxylation sites is 2. The SMILES string of the molecule is O=C(/C(Br)=N\Nc1ccccc1)c1cc2ccccc2o1. The molecule has 0 atom stereocenters. The number of hydrazone groups is 1. The predicted molar refractivity (Wildman–Crippen MR) is 87.0 cm³/mol. The van der Waals surface area contributed by atoms with Crippen molar-refractivity contribution in [2.75, 3.05) is 5.43 Å². The zero-order valence-corrected chi connectivity index (χ0v) is 12.5. The zero-order valence-electron chi connectivity index (χ0n) is 10.9. The second-order valence-electron chi connectivity index (χ2n) is 4.36. The van der Waals surface area contributed by atoms with Crippen molar-refractivity contribution >= 4 is 43.0 Å². The van der Waals surface area contributed by atoms with Gasteiger partial charge in [0.2, 0.25) is 0 Å². The third kappa shape index (κ3) is 3.03. The van der Waals surface area contributed by atoms with Crippen LogP contribution in [0.25, 0.3) is 11.0 Å². The van der Waals surface area contributed by atoms with Crippen molar-refractivity contribution in [1.29, 1.82) is 0 Å². The largest absolute Gasteiger partial charge is 0.452 e. The van der Waals surface area contributed by atoms with E-state index in [0.717, 1.165) is 11.1 Å². The highest BCUT2D eigenvalue weighted by Gasteiger charge is 2.16. The lowest BCUT2D eigenvalue weighted by Gasteiger charge is -2.00. The average molecular weight is 343 g/mol. The number of carbonyl (C=O) groups excluding carboxylic acids is 1. The number of hydrogen-bond donors (Lipinski definition) is 1. The van der Waals surface area contributed by atoms with Gasteiger partial charge in [0.05, 0.1) is 5.69 Å². The molecule has 104 valence electrons. The van der Waals surface area contributed by atoms with Crippen LogP contribution in [0.2, 0.25) is 0 Å². The molecule has 5 heteroatoms. The Hall–Kier alpha value is -2.40. The first kappa shape index (κ1) is 13.6. The molecule has 0 spiro atoms. The minimum Gasteiger partial charge on any atom is -0.452 e. The van der Waals surface area contributed by atoms with Gasteiger partial charge in [-0.25, -0.2) is 0 Å². The standard InChI is InChI=1S/C16H11BrN2O2/c17-16(19-18-12-7-2-1-3-8-12)15(20)14-10-11-6-4-5-9-13(11)21-14/h1-10,18H/b19-16+. The van der Waals surface area contributed by atoms with Gasteiger partial charge in [0.25, 0.3) is 5.78 Å². The van der Waals surface area contributed by atoms with Crippen LogP contribution in [0.15, 0.2) is 70.2 Å². The number of furan rings is 1. The molecule has 3 aromatic rings. The summed E-state index contributed by atoms with van der Waals surface area (Å²) < 4.78 is 5.67. The Morgan fingerprint density at radius 2 is 1.76 bits per heavy atom. The molecule has 0 saturated carbocycles. The van der Waals surface area contributed by atoms with Crippen molar-refractivity contribution < 1.29 is 9.21 Å². The van der Waals surface area contributed by atoms with Gasteiger partial charge in [-0.05, 0) is 40.2 Å². The van der Waals surface area contributed by atoms with Gasteiger partial charge in [0, 0.05) is 5.39 Å². The van der Waals surface area contributed by atoms with Gasteiger partial charge in [-0.3, -0.25) is 10.2 Å². The molecule has 0 aliphatic rings. The lowest BCUT2D eigenvalue weighted by atomic mass is 10.2. The Morgan fingerprint density at radius 3 is 2.52 bits per heavy atom. The van der Waals surface area contributed by atoms with Crippen LogP contribution in [0.4, 0.5) is 5.69 Å². The molecule has 0 radical (unpaired) electrons. The maximum Gasteiger partial charge on any atom is 0.255 e. The van der Waals surface area contributed by atoms with Crippen molar-refractivity contribution in [1.82, 2.24) is 0 Å². The first-order valence-corrected chi connectivity index (χ1v) is 7.11. The fraction of sp³-hybridized carbons (Fsp3) is 0. The molecule has 3 rings (SSSR count). The summed E-state index contributed by atoms with van der Waals surface area (Å²) in [6.07, 6.45) is 0. The van der Waals surface area contributed by atoms with Crippen LogP contribution in [-0.4, -0.2) is 10.4 Å². The van der Waals surface area contributed by atoms with Crippen LogP contribution >= 0.6 is 15.9 Å². The van der Waals surface area contributed by atoms with E-state index in [1.54, 1.807) is 6.07 Å². The predicted octanol–water partition coefficient (Wildman–Crippen LogP) is 4.44. The quantitative estimate of drug-likeness (QED) is 0.433. The summed E-state index contributed by atoms with van der Waals surface area (Å²) in [5, 5.41) is 4.90. The molecule has 0 bridgehead atoms. The Kier molecular flexibility index (Phi) is 3.83. The van der Waals surface area contributed by atoms with E-state index >= 15 is 0 Å². The number of carbonyl (C=O) groups is 1. The van der Waals surface area contributed by atoms with E-state index < -0.39 is 0 Å². The normalized spacial score (nSPS) is 11.6. The van der Waals surface area contributed by atoms with Crippen LogP contribution in [0, 0.1) is 0 Å². The number of benzene rings is 2. The number of ketones is 1. The van der Waals surface area contributed by atoms with Crippen molar-refractivity contribution in [2.45, 2.75) is 0 Å². The van der Waals surface area contributed by atoms with Gasteiger partial charge in [-0.15, -0.1) is 0 Å². The Labute approximate surface area is 129 Å². The first-order chi connectivity index (χ1) is 10.2. The van der Waals surface area contributed by atoms with Crippen LogP contribution < -0.4 is 5.43 Å². The summed E-state index contributed by atoms with van der Waals surface area (Å²) in [4.78, 5) is 12.2. The average Bonchev–Trinajstić information content (AvgIpc) is 2.97. The third-order valence-electron chi connectivity index (χ3n) is 2.89. The molecule has 1 N–H and O–H groups in total. The van der Waals surface area contributed by atoms with E-state index in [1.165, 1.54) is 0 Å². The summed E-state index contributed by atoms with van der Waals surface area (Å²) in [5.74, 6) is -0.0590. The molecule has 0 fully saturated rings. The molecule has 0 unspecified atom stereocenters. The van der Waals surface area contributed by atoms with Crippen LogP contribution in [0.1, 0.15) is 10.6 Å². The van der Waals surface area contributed by atoms with Gasteiger partial charge in [0.15, 0.2) is 10.4 Å². The van der Waals surface area contributed by atoms with Crippen LogP contribution in [0.3, 0.4) is 0 Å². The third-order valence-corrected chi connectivity index (χ3v) is 3.43. The molecule has 0 aliphatic carbocycles. The molecule has 0 saturated heterocycles. The van der Waals surface area contributed by atoms with E-state index in [4.69, 9.17) is 4.42 Å². The number of Topliss-reactive ketones (excluding diaryl/α,β-unsaturated/α-hetero) is 1. The number of nitrogens with one attached hydrogen (secondary N) is 1. The highest BCUT2D eigenvalue weighted by molar-refractivity contribution is 9.19. The fourth-order valence-electron chi connectivity index (χ4n) is 1.87. The summed E-state index contributed by atoms with van der Waals surface area (Å²) in [5.41, 5.74) is 4.28.